The highest BCUT2D eigenvalue weighted by molar-refractivity contribution is 5.82. The van der Waals surface area contributed by atoms with Gasteiger partial charge in [-0.25, -0.2) is 0 Å². The second-order valence-corrected chi connectivity index (χ2v) is 4.83. The Bertz CT molecular complexity index is 404. The molecule has 0 heterocycles. The minimum Gasteiger partial charge on any atom is -0.508 e. The highest BCUT2D eigenvalue weighted by Gasteiger charge is 2.22. The van der Waals surface area contributed by atoms with Crippen molar-refractivity contribution in [2.45, 2.75) is 32.4 Å². The summed E-state index contributed by atoms with van der Waals surface area (Å²) in [6.07, 6.45) is 0.410. The first-order valence-electron chi connectivity index (χ1n) is 6.40. The van der Waals surface area contributed by atoms with Gasteiger partial charge in [0.05, 0.1) is 12.6 Å². The number of rotatable bonds is 6. The van der Waals surface area contributed by atoms with E-state index in [0.717, 1.165) is 5.56 Å². The van der Waals surface area contributed by atoms with Gasteiger partial charge in [0.25, 0.3) is 0 Å². The molecule has 1 unspecified atom stereocenters. The number of benzene rings is 1. The van der Waals surface area contributed by atoms with E-state index < -0.39 is 6.04 Å². The highest BCUT2D eigenvalue weighted by atomic mass is 16.3. The van der Waals surface area contributed by atoms with Gasteiger partial charge in [-0.3, -0.25) is 4.79 Å². The van der Waals surface area contributed by atoms with Gasteiger partial charge in [0.15, 0.2) is 0 Å². The van der Waals surface area contributed by atoms with Gasteiger partial charge in [0.1, 0.15) is 5.75 Å². The fourth-order valence-electron chi connectivity index (χ4n) is 1.92. The zero-order valence-electron chi connectivity index (χ0n) is 11.4. The van der Waals surface area contributed by atoms with Crippen LogP contribution in [-0.2, 0) is 11.2 Å². The predicted molar refractivity (Wildman–Crippen MR) is 73.7 cm³/mol. The Morgan fingerprint density at radius 1 is 1.32 bits per heavy atom. The van der Waals surface area contributed by atoms with Crippen LogP contribution in [0.2, 0.25) is 0 Å². The molecule has 0 spiro atoms. The molecule has 1 amide bonds. The molecule has 106 valence electrons. The molecule has 4 N–H and O–H groups in total. The molecule has 0 aliphatic heterocycles. The van der Waals surface area contributed by atoms with E-state index in [4.69, 9.17) is 10.8 Å². The van der Waals surface area contributed by atoms with Crippen molar-refractivity contribution in [1.29, 1.82) is 0 Å². The van der Waals surface area contributed by atoms with Gasteiger partial charge in [0.2, 0.25) is 5.91 Å². The van der Waals surface area contributed by atoms with Crippen LogP contribution in [0, 0.1) is 0 Å². The van der Waals surface area contributed by atoms with Crippen LogP contribution in [0.25, 0.3) is 0 Å². The van der Waals surface area contributed by atoms with E-state index in [1.54, 1.807) is 29.2 Å². The normalized spacial score (nSPS) is 12.5. The summed E-state index contributed by atoms with van der Waals surface area (Å²) in [4.78, 5) is 13.8. The molecule has 0 aromatic heterocycles. The van der Waals surface area contributed by atoms with Crippen LogP contribution in [0.3, 0.4) is 0 Å². The summed E-state index contributed by atoms with van der Waals surface area (Å²) in [6.45, 7) is 4.00. The molecule has 0 radical (unpaired) electrons. The monoisotopic (exact) mass is 266 g/mol. The SMILES string of the molecule is CC(C)N(CCO)C(=O)C(N)Cc1ccc(O)cc1. The summed E-state index contributed by atoms with van der Waals surface area (Å²) in [5.41, 5.74) is 6.82. The Morgan fingerprint density at radius 2 is 1.89 bits per heavy atom. The highest BCUT2D eigenvalue weighted by Crippen LogP contribution is 2.12. The Balaban J connectivity index is 2.67. The molecule has 0 fully saturated rings. The molecule has 1 rings (SSSR count). The molecule has 1 atom stereocenters. The van der Waals surface area contributed by atoms with Crippen molar-refractivity contribution in [3.8, 4) is 5.75 Å². The molecule has 0 aliphatic rings. The van der Waals surface area contributed by atoms with Crippen molar-refractivity contribution < 1.29 is 15.0 Å². The van der Waals surface area contributed by atoms with Gasteiger partial charge in [0, 0.05) is 12.6 Å². The van der Waals surface area contributed by atoms with Gasteiger partial charge in [-0.15, -0.1) is 0 Å². The third-order valence-electron chi connectivity index (χ3n) is 2.96. The van der Waals surface area contributed by atoms with E-state index in [1.807, 2.05) is 13.8 Å². The third-order valence-corrected chi connectivity index (χ3v) is 2.96. The first kappa shape index (κ1) is 15.5. The smallest absolute Gasteiger partial charge is 0.240 e. The van der Waals surface area contributed by atoms with Crippen molar-refractivity contribution in [1.82, 2.24) is 4.90 Å². The average Bonchev–Trinajstić information content (AvgIpc) is 2.37. The maximum absolute atomic E-state index is 12.2. The lowest BCUT2D eigenvalue weighted by Gasteiger charge is -2.28. The second-order valence-electron chi connectivity index (χ2n) is 4.83. The first-order chi connectivity index (χ1) is 8.95. The van der Waals surface area contributed by atoms with Gasteiger partial charge < -0.3 is 20.8 Å². The molecule has 1 aromatic carbocycles. The van der Waals surface area contributed by atoms with Crippen molar-refractivity contribution in [2.75, 3.05) is 13.2 Å². The maximum atomic E-state index is 12.2. The number of carbonyl (C=O) groups is 1. The number of nitrogens with zero attached hydrogens (tertiary/aromatic N) is 1. The van der Waals surface area contributed by atoms with Crippen molar-refractivity contribution >= 4 is 5.91 Å². The van der Waals surface area contributed by atoms with Crippen molar-refractivity contribution in [3.05, 3.63) is 29.8 Å². The molecule has 0 saturated carbocycles. The molecule has 5 heteroatoms. The van der Waals surface area contributed by atoms with E-state index in [1.165, 1.54) is 0 Å². The van der Waals surface area contributed by atoms with Crippen LogP contribution >= 0.6 is 0 Å². The minimum atomic E-state index is -0.640. The van der Waals surface area contributed by atoms with Crippen molar-refractivity contribution in [2.24, 2.45) is 5.73 Å². The second kappa shape index (κ2) is 7.11. The largest absolute Gasteiger partial charge is 0.508 e. The predicted octanol–water partition coefficient (Wildman–Crippen LogP) is 0.491. The lowest BCUT2D eigenvalue weighted by Crippen LogP contribution is -2.48. The molecule has 1 aromatic rings. The number of phenols is 1. The van der Waals surface area contributed by atoms with Crippen LogP contribution in [-0.4, -0.2) is 46.3 Å². The van der Waals surface area contributed by atoms with E-state index in [0.29, 0.717) is 13.0 Å². The number of aliphatic hydroxyl groups excluding tert-OH is 1. The zero-order chi connectivity index (χ0) is 14.4. The summed E-state index contributed by atoms with van der Waals surface area (Å²) >= 11 is 0. The van der Waals surface area contributed by atoms with E-state index in [-0.39, 0.29) is 24.3 Å². The summed E-state index contributed by atoms with van der Waals surface area (Å²) in [5.74, 6) is 0.0184. The summed E-state index contributed by atoms with van der Waals surface area (Å²) < 4.78 is 0. The molecule has 0 aliphatic carbocycles. The maximum Gasteiger partial charge on any atom is 0.240 e. The lowest BCUT2D eigenvalue weighted by atomic mass is 10.0. The summed E-state index contributed by atoms with van der Waals surface area (Å²) in [6, 6.07) is 5.99. The Kier molecular flexibility index (Phi) is 5.79. The summed E-state index contributed by atoms with van der Waals surface area (Å²) in [7, 11) is 0. The van der Waals surface area contributed by atoms with Crippen LogP contribution < -0.4 is 5.73 Å². The number of aliphatic hydroxyl groups is 1. The van der Waals surface area contributed by atoms with E-state index >= 15 is 0 Å². The van der Waals surface area contributed by atoms with Gasteiger partial charge in [-0.1, -0.05) is 12.1 Å². The average molecular weight is 266 g/mol. The molecule has 5 nitrogen and oxygen atoms in total. The fraction of sp³-hybridized carbons (Fsp3) is 0.500. The minimum absolute atomic E-state index is 0.00511. The third kappa shape index (κ3) is 4.54. The van der Waals surface area contributed by atoms with E-state index in [9.17, 15) is 9.90 Å². The van der Waals surface area contributed by atoms with E-state index in [2.05, 4.69) is 0 Å². The van der Waals surface area contributed by atoms with Crippen LogP contribution in [0.15, 0.2) is 24.3 Å². The van der Waals surface area contributed by atoms with Gasteiger partial charge >= 0.3 is 0 Å². The number of hydrogen-bond acceptors (Lipinski definition) is 4. The lowest BCUT2D eigenvalue weighted by molar-refractivity contribution is -0.134. The number of carbonyl (C=O) groups excluding carboxylic acids is 1. The molecular formula is C14H22N2O3. The standard InChI is InChI=1S/C14H22N2O3/c1-10(2)16(7-8-17)14(19)13(15)9-11-3-5-12(18)6-4-11/h3-6,10,13,17-18H,7-9,15H2,1-2H3. The van der Waals surface area contributed by atoms with Crippen LogP contribution in [0.4, 0.5) is 0 Å². The molecule has 0 saturated heterocycles. The number of hydrogen-bond donors (Lipinski definition) is 3. The topological polar surface area (TPSA) is 86.8 Å². The Hall–Kier alpha value is -1.59. The number of amides is 1. The fourth-order valence-corrected chi connectivity index (χ4v) is 1.92. The summed E-state index contributed by atoms with van der Waals surface area (Å²) in [5, 5.41) is 18.2. The molecule has 19 heavy (non-hydrogen) atoms. The number of aromatic hydroxyl groups is 1. The molecule has 0 bridgehead atoms. The number of phenolic OH excluding ortho intramolecular Hbond substituents is 1. The molecular weight excluding hydrogens is 244 g/mol. The Morgan fingerprint density at radius 3 is 2.37 bits per heavy atom. The van der Waals surface area contributed by atoms with Crippen LogP contribution in [0.1, 0.15) is 19.4 Å². The zero-order valence-corrected chi connectivity index (χ0v) is 11.4. The van der Waals surface area contributed by atoms with Gasteiger partial charge in [-0.2, -0.15) is 0 Å². The number of nitrogens with two attached hydrogens (primary N) is 1. The Labute approximate surface area is 113 Å². The van der Waals surface area contributed by atoms with Gasteiger partial charge in [-0.05, 0) is 38.0 Å². The quantitative estimate of drug-likeness (QED) is 0.699. The van der Waals surface area contributed by atoms with Crippen LogP contribution in [0.5, 0.6) is 5.75 Å². The van der Waals surface area contributed by atoms with Crippen molar-refractivity contribution in [3.63, 3.8) is 0 Å². The first-order valence-corrected chi connectivity index (χ1v) is 6.40.